The number of hydrogen-bond acceptors (Lipinski definition) is 0. The summed E-state index contributed by atoms with van der Waals surface area (Å²) in [5, 5.41) is 5.21. The van der Waals surface area contributed by atoms with Crippen LogP contribution in [0.3, 0.4) is 0 Å². The first kappa shape index (κ1) is 28.1. The molecule has 158 valence electrons. The maximum absolute atomic E-state index is 3.51. The minimum atomic E-state index is 0. The van der Waals surface area contributed by atoms with E-state index < -0.39 is 0 Å². The van der Waals surface area contributed by atoms with Gasteiger partial charge in [-0.25, -0.2) is 12.2 Å². The molecule has 0 atom stereocenters. The van der Waals surface area contributed by atoms with Crippen molar-refractivity contribution in [2.75, 3.05) is 0 Å². The van der Waals surface area contributed by atoms with Gasteiger partial charge in [0.15, 0.2) is 0 Å². The van der Waals surface area contributed by atoms with Gasteiger partial charge in [-0.2, -0.15) is 6.08 Å². The molecule has 0 aliphatic heterocycles. The minimum absolute atomic E-state index is 0. The Labute approximate surface area is 224 Å². The van der Waals surface area contributed by atoms with Gasteiger partial charge in [-0.15, -0.1) is 46.2 Å². The van der Waals surface area contributed by atoms with E-state index in [0.29, 0.717) is 0 Å². The molecule has 0 nitrogen and oxygen atoms in total. The second-order valence-corrected chi connectivity index (χ2v) is 10.7. The molecule has 1 fully saturated rings. The average molecular weight is 646 g/mol. The number of hydrogen-bond donors (Lipinski definition) is 0. The summed E-state index contributed by atoms with van der Waals surface area (Å²) in [4.78, 5) is 0. The zero-order chi connectivity index (χ0) is 19.8. The second-order valence-electron chi connectivity index (χ2n) is 7.13. The Morgan fingerprint density at radius 1 is 0.800 bits per heavy atom. The third-order valence-electron chi connectivity index (χ3n) is 4.92. The zero-order valence-corrected chi connectivity index (χ0v) is 23.9. The molecule has 0 bridgehead atoms. The van der Waals surface area contributed by atoms with Gasteiger partial charge < -0.3 is 24.8 Å². The van der Waals surface area contributed by atoms with Crippen molar-refractivity contribution in [3.05, 3.63) is 75.7 Å². The first-order valence-corrected chi connectivity index (χ1v) is 12.7. The Bertz CT molecular complexity index is 929. The summed E-state index contributed by atoms with van der Waals surface area (Å²) in [6.07, 6.45) is 18.8. The SMILES string of the molecule is Brc1ccc2[cH-]c3ccc(Br)cc3c2c1.[C-]1=CC=CC1.[Cl-].[Cl-].[Zr+2]=[C]1CCCCCC1. The Hall–Kier alpha value is 0.0831. The third kappa shape index (κ3) is 8.91. The Kier molecular flexibility index (Phi) is 14.1. The summed E-state index contributed by atoms with van der Waals surface area (Å²) in [6.45, 7) is 0. The Morgan fingerprint density at radius 3 is 1.73 bits per heavy atom. The predicted octanol–water partition coefficient (Wildman–Crippen LogP) is 2.61. The number of fused-ring (bicyclic) bond motifs is 3. The van der Waals surface area contributed by atoms with Gasteiger partial charge in [0.2, 0.25) is 0 Å². The van der Waals surface area contributed by atoms with Crippen molar-refractivity contribution in [2.24, 2.45) is 0 Å². The van der Waals surface area contributed by atoms with Crippen molar-refractivity contribution < 1.29 is 49.0 Å². The third-order valence-corrected chi connectivity index (χ3v) is 7.14. The summed E-state index contributed by atoms with van der Waals surface area (Å²) < 4.78 is 4.07. The molecule has 0 spiro atoms. The van der Waals surface area contributed by atoms with Crippen molar-refractivity contribution in [3.63, 3.8) is 0 Å². The standard InChI is InChI=1S/C13H7Br2.C7H12.C5H5.2ClH.Zr/c14-10-3-1-8-5-9-2-4-11(15)7-13(9)12(8)6-10;1-2-4-6-7-5-3-1;1-2-4-5-3-1;;;/h1-7H;1-6H2;1-3H,4H2;2*1H;/q-1;;-1;;;+2/p-2. The second kappa shape index (κ2) is 15.0. The first-order chi connectivity index (χ1) is 13.6. The van der Waals surface area contributed by atoms with Crippen LogP contribution in [0, 0.1) is 6.08 Å². The van der Waals surface area contributed by atoms with Crippen LogP contribution in [-0.4, -0.2) is 3.21 Å². The number of benzene rings is 2. The average Bonchev–Trinajstić information content (AvgIpc) is 3.31. The normalized spacial score (nSPS) is 14.7. The van der Waals surface area contributed by atoms with E-state index in [9.17, 15) is 0 Å². The summed E-state index contributed by atoms with van der Waals surface area (Å²) in [6, 6.07) is 15.0. The monoisotopic (exact) mass is 642 g/mol. The Balaban J connectivity index is 0.000000255. The van der Waals surface area contributed by atoms with Gasteiger partial charge in [0, 0.05) is 8.95 Å². The molecule has 2 aliphatic rings. The van der Waals surface area contributed by atoms with E-state index in [4.69, 9.17) is 0 Å². The van der Waals surface area contributed by atoms with Gasteiger partial charge in [-0.1, -0.05) is 56.1 Å². The van der Waals surface area contributed by atoms with Crippen molar-refractivity contribution in [1.29, 1.82) is 0 Å². The van der Waals surface area contributed by atoms with E-state index in [2.05, 4.69) is 86.5 Å². The van der Waals surface area contributed by atoms with Crippen LogP contribution in [0.25, 0.3) is 21.5 Å². The van der Waals surface area contributed by atoms with Crippen LogP contribution in [0.4, 0.5) is 0 Å². The van der Waals surface area contributed by atoms with E-state index in [1.54, 1.807) is 24.2 Å². The predicted molar refractivity (Wildman–Crippen MR) is 127 cm³/mol. The molecule has 5 rings (SSSR count). The fourth-order valence-electron chi connectivity index (χ4n) is 3.44. The maximum atomic E-state index is 3.51. The van der Waals surface area contributed by atoms with Crippen molar-refractivity contribution in [2.45, 2.75) is 44.9 Å². The molecule has 0 heterocycles. The van der Waals surface area contributed by atoms with Gasteiger partial charge in [0.05, 0.1) is 0 Å². The van der Waals surface area contributed by atoms with Crippen molar-refractivity contribution in [1.82, 2.24) is 0 Å². The summed E-state index contributed by atoms with van der Waals surface area (Å²) >= 11 is 8.71. The molecule has 0 saturated heterocycles. The molecule has 0 radical (unpaired) electrons. The first-order valence-electron chi connectivity index (χ1n) is 9.86. The molecule has 0 unspecified atom stereocenters. The van der Waals surface area contributed by atoms with Crippen LogP contribution >= 0.6 is 31.9 Å². The van der Waals surface area contributed by atoms with E-state index in [0.717, 1.165) is 15.4 Å². The van der Waals surface area contributed by atoms with Crippen LogP contribution in [0.15, 0.2) is 69.6 Å². The zero-order valence-electron chi connectivity index (χ0n) is 16.7. The number of rotatable bonds is 0. The van der Waals surface area contributed by atoms with E-state index in [1.807, 2.05) is 15.4 Å². The van der Waals surface area contributed by atoms with Crippen LogP contribution in [-0.2, 0) is 24.2 Å². The molecule has 3 aromatic carbocycles. The molecular weight excluding hydrogens is 622 g/mol. The van der Waals surface area contributed by atoms with Gasteiger partial charge in [-0.05, 0) is 0 Å². The van der Waals surface area contributed by atoms with Crippen molar-refractivity contribution in [3.8, 4) is 0 Å². The van der Waals surface area contributed by atoms with Gasteiger partial charge in [0.1, 0.15) is 0 Å². The quantitative estimate of drug-likeness (QED) is 0.261. The fraction of sp³-hybridized carbons (Fsp3) is 0.280. The van der Waals surface area contributed by atoms with Crippen LogP contribution in [0.5, 0.6) is 0 Å². The van der Waals surface area contributed by atoms with Gasteiger partial charge in [-0.3, -0.25) is 6.08 Å². The molecule has 0 N–H and O–H groups in total. The number of halogens is 4. The summed E-state index contributed by atoms with van der Waals surface area (Å²) in [5.41, 5.74) is 0. The van der Waals surface area contributed by atoms with Crippen LogP contribution < -0.4 is 24.8 Å². The van der Waals surface area contributed by atoms with E-state index >= 15 is 0 Å². The molecule has 30 heavy (non-hydrogen) atoms. The Morgan fingerprint density at radius 2 is 1.33 bits per heavy atom. The van der Waals surface area contributed by atoms with Gasteiger partial charge >= 0.3 is 66.0 Å². The van der Waals surface area contributed by atoms with Crippen LogP contribution in [0.1, 0.15) is 44.9 Å². The molecule has 0 amide bonds. The van der Waals surface area contributed by atoms with Gasteiger partial charge in [0.25, 0.3) is 0 Å². The summed E-state index contributed by atoms with van der Waals surface area (Å²) in [7, 11) is 0. The van der Waals surface area contributed by atoms with E-state index in [1.165, 1.54) is 60.1 Å². The molecule has 0 aromatic heterocycles. The molecule has 3 aromatic rings. The summed E-state index contributed by atoms with van der Waals surface area (Å²) in [5.74, 6) is 0. The number of allylic oxidation sites excluding steroid dienone is 4. The fourth-order valence-corrected chi connectivity index (χ4v) is 5.03. The van der Waals surface area contributed by atoms with Crippen molar-refractivity contribution >= 4 is 56.6 Å². The topological polar surface area (TPSA) is 0 Å². The molecular formula is C25H24Br2Cl2Zr-2. The molecule has 1 saturated carbocycles. The van der Waals surface area contributed by atoms with E-state index in [-0.39, 0.29) is 24.8 Å². The molecule has 2 aliphatic carbocycles. The molecule has 5 heteroatoms. The van der Waals surface area contributed by atoms with Crippen LogP contribution in [0.2, 0.25) is 0 Å².